The summed E-state index contributed by atoms with van der Waals surface area (Å²) in [7, 11) is 1.63. The first-order chi connectivity index (χ1) is 25.8. The summed E-state index contributed by atoms with van der Waals surface area (Å²) in [6, 6.07) is 22.8. The maximum Gasteiger partial charge on any atom is 0.321 e. The largest absolute Gasteiger partial charge is 0.497 e. The molecule has 4 saturated carbocycles. The molecule has 54 heavy (non-hydrogen) atoms. The number of allylic oxidation sites excluding steroid dienone is 2. The van der Waals surface area contributed by atoms with Crippen molar-refractivity contribution in [3.63, 3.8) is 0 Å². The van der Waals surface area contributed by atoms with Gasteiger partial charge in [0, 0.05) is 28.8 Å². The highest BCUT2D eigenvalue weighted by atomic mass is 16.5. The smallest absolute Gasteiger partial charge is 0.321 e. The number of fused-ring (bicyclic) bond motifs is 10. The van der Waals surface area contributed by atoms with Gasteiger partial charge in [-0.05, 0) is 142 Å². The predicted octanol–water partition coefficient (Wildman–Crippen LogP) is 9.57. The zero-order valence-electron chi connectivity index (χ0n) is 32.9. The van der Waals surface area contributed by atoms with Gasteiger partial charge in [-0.3, -0.25) is 4.79 Å². The van der Waals surface area contributed by atoms with Crippen LogP contribution < -0.4 is 10.1 Å². The topological polar surface area (TPSA) is 99.1 Å². The second-order valence-electron chi connectivity index (χ2n) is 17.9. The molecule has 6 aliphatic rings. The first-order valence-electron chi connectivity index (χ1n) is 20.3. The third-order valence-corrected chi connectivity index (χ3v) is 14.5. The molecule has 4 fully saturated rings. The molecule has 7 unspecified atom stereocenters. The van der Waals surface area contributed by atoms with Gasteiger partial charge >= 0.3 is 6.03 Å². The van der Waals surface area contributed by atoms with E-state index >= 15 is 0 Å². The molecule has 7 atom stereocenters. The normalized spacial score (nSPS) is 30.3. The lowest BCUT2D eigenvalue weighted by atomic mass is 9.45. The van der Waals surface area contributed by atoms with Gasteiger partial charge in [0.2, 0.25) is 0 Å². The van der Waals surface area contributed by atoms with Crippen LogP contribution in [0.2, 0.25) is 0 Å². The number of nitrogens with zero attached hydrogens (tertiary/aromatic N) is 1. The predicted molar refractivity (Wildman–Crippen MR) is 215 cm³/mol. The second kappa shape index (κ2) is 15.3. The van der Waals surface area contributed by atoms with E-state index < -0.39 is 17.1 Å². The lowest BCUT2D eigenvalue weighted by Crippen LogP contribution is -2.58. The molecule has 0 saturated heterocycles. The Kier molecular flexibility index (Phi) is 10.9. The Morgan fingerprint density at radius 1 is 0.944 bits per heavy atom. The van der Waals surface area contributed by atoms with Crippen LogP contribution in [0.15, 0.2) is 84.4 Å². The quantitative estimate of drug-likeness (QED) is 0.158. The van der Waals surface area contributed by atoms with E-state index in [1.54, 1.807) is 7.11 Å². The van der Waals surface area contributed by atoms with E-state index in [0.29, 0.717) is 67.3 Å². The summed E-state index contributed by atoms with van der Waals surface area (Å²) < 4.78 is 5.36. The molecule has 0 spiro atoms. The molecule has 0 radical (unpaired) electrons. The summed E-state index contributed by atoms with van der Waals surface area (Å²) in [5.74, 6) is 2.24. The lowest BCUT2D eigenvalue weighted by Gasteiger charge is -2.60. The van der Waals surface area contributed by atoms with Crippen LogP contribution in [-0.4, -0.2) is 58.8 Å². The van der Waals surface area contributed by atoms with Crippen LogP contribution in [0.3, 0.4) is 0 Å². The average Bonchev–Trinajstić information content (AvgIpc) is 3.42. The number of aliphatic hydroxyl groups is 2. The summed E-state index contributed by atoms with van der Waals surface area (Å²) in [5, 5.41) is 27.4. The molecule has 0 aromatic heterocycles. The number of benzene rings is 3. The first-order valence-corrected chi connectivity index (χ1v) is 20.3. The highest BCUT2D eigenvalue weighted by Crippen LogP contribution is 2.62. The van der Waals surface area contributed by atoms with Gasteiger partial charge < -0.3 is 25.2 Å². The van der Waals surface area contributed by atoms with E-state index in [-0.39, 0.29) is 29.7 Å². The Morgan fingerprint density at radius 2 is 1.70 bits per heavy atom. The molecule has 288 valence electrons. The van der Waals surface area contributed by atoms with Crippen LogP contribution in [0.5, 0.6) is 5.75 Å². The van der Waals surface area contributed by atoms with Crippen molar-refractivity contribution in [2.24, 2.45) is 28.6 Å². The Hall–Kier alpha value is -3.94. The van der Waals surface area contributed by atoms with Crippen LogP contribution in [0, 0.1) is 28.6 Å². The van der Waals surface area contributed by atoms with Crippen molar-refractivity contribution in [3.05, 3.63) is 107 Å². The number of amides is 2. The second-order valence-corrected chi connectivity index (χ2v) is 17.9. The minimum absolute atomic E-state index is 0.0400. The van der Waals surface area contributed by atoms with Gasteiger partial charge in [0.25, 0.3) is 0 Å². The number of hydrogen-bond acceptors (Lipinski definition) is 5. The van der Waals surface area contributed by atoms with Crippen molar-refractivity contribution in [2.45, 2.75) is 110 Å². The van der Waals surface area contributed by atoms with Crippen LogP contribution in [0.4, 0.5) is 10.5 Å². The summed E-state index contributed by atoms with van der Waals surface area (Å²) in [5.41, 5.74) is 3.50. The van der Waals surface area contributed by atoms with Crippen LogP contribution in [0.25, 0.3) is 0 Å². The van der Waals surface area contributed by atoms with Crippen molar-refractivity contribution in [1.82, 2.24) is 4.90 Å². The van der Waals surface area contributed by atoms with Crippen LogP contribution in [0.1, 0.15) is 118 Å². The number of urea groups is 1. The zero-order valence-corrected chi connectivity index (χ0v) is 32.9. The molecule has 2 amide bonds. The molecule has 6 aliphatic carbocycles. The van der Waals surface area contributed by atoms with Crippen LogP contribution in [-0.2, 0) is 6.42 Å². The van der Waals surface area contributed by atoms with Crippen molar-refractivity contribution < 1.29 is 24.5 Å². The Bertz CT molecular complexity index is 1850. The number of ether oxygens (including phenoxy) is 1. The van der Waals surface area contributed by atoms with Gasteiger partial charge in [0.05, 0.1) is 25.4 Å². The summed E-state index contributed by atoms with van der Waals surface area (Å²) in [6.07, 6.45) is 9.85. The molecule has 4 bridgehead atoms. The van der Waals surface area contributed by atoms with E-state index in [1.807, 2.05) is 65.6 Å². The minimum Gasteiger partial charge on any atom is -0.497 e. The number of rotatable bonds is 8. The third kappa shape index (κ3) is 7.38. The van der Waals surface area contributed by atoms with Crippen molar-refractivity contribution in [3.8, 4) is 5.75 Å². The minimum atomic E-state index is -1.21. The highest BCUT2D eigenvalue weighted by Gasteiger charge is 2.59. The van der Waals surface area contributed by atoms with Gasteiger partial charge in [-0.2, -0.15) is 0 Å². The molecule has 3 aromatic rings. The van der Waals surface area contributed by atoms with Gasteiger partial charge in [-0.1, -0.05) is 74.9 Å². The third-order valence-electron chi connectivity index (χ3n) is 14.5. The number of nitrogens with one attached hydrogen (secondary N) is 1. The summed E-state index contributed by atoms with van der Waals surface area (Å²) in [4.78, 5) is 30.7. The Labute approximate surface area is 322 Å². The van der Waals surface area contributed by atoms with E-state index in [4.69, 9.17) is 4.74 Å². The molecule has 3 N–H and O–H groups in total. The molecule has 7 heteroatoms. The van der Waals surface area contributed by atoms with Crippen molar-refractivity contribution >= 4 is 17.5 Å². The lowest BCUT2D eigenvalue weighted by molar-refractivity contribution is -0.117. The maximum absolute atomic E-state index is 14.5. The molecule has 0 aliphatic heterocycles. The van der Waals surface area contributed by atoms with Gasteiger partial charge in [-0.15, -0.1) is 0 Å². The average molecular weight is 733 g/mol. The first kappa shape index (κ1) is 38.3. The molecular formula is C47H60N2O5. The summed E-state index contributed by atoms with van der Waals surface area (Å²) >= 11 is 0. The Morgan fingerprint density at radius 3 is 2.41 bits per heavy atom. The Balaban J connectivity index is 1.26. The number of carbonyl (C=O) groups is 2. The number of hydrogen-bond donors (Lipinski definition) is 3. The standard InChI is InChI=1S/C47H60N2O5/c1-31-10-9-24-46(4)41(39-22-14-32(26-37(50)19-13-31)27-40(39)43(51)33-11-7-6-8-12-33)23-25-47(46,53)30-49(29-34-15-16-35-28-42(34)45(35,2)3)44(52)48-36-17-20-38(54-5)21-18-36/h6-8,10-12,14,17-18,20-22,27,34-35,37,41-42,50,53H,9,13,15-16,19,23-26,28-30H2,1-5H3,(H,48,52). The van der Waals surface area contributed by atoms with Gasteiger partial charge in [0.15, 0.2) is 5.78 Å². The molecule has 7 nitrogen and oxygen atoms in total. The van der Waals surface area contributed by atoms with Gasteiger partial charge in [-0.25, -0.2) is 4.79 Å². The number of aliphatic hydroxyl groups excluding tert-OH is 1. The maximum atomic E-state index is 14.5. The number of carbonyl (C=O) groups excluding carboxylic acids is 2. The van der Waals surface area contributed by atoms with Crippen molar-refractivity contribution in [1.29, 1.82) is 0 Å². The van der Waals surface area contributed by atoms with E-state index in [1.165, 1.54) is 18.4 Å². The fourth-order valence-corrected chi connectivity index (χ4v) is 10.8. The monoisotopic (exact) mass is 732 g/mol. The summed E-state index contributed by atoms with van der Waals surface area (Å²) in [6.45, 7) is 9.92. The fourth-order valence-electron chi connectivity index (χ4n) is 10.8. The van der Waals surface area contributed by atoms with E-state index in [0.717, 1.165) is 42.1 Å². The fraction of sp³-hybridized carbons (Fsp3) is 0.532. The van der Waals surface area contributed by atoms with E-state index in [9.17, 15) is 19.8 Å². The van der Waals surface area contributed by atoms with Gasteiger partial charge in [0.1, 0.15) is 5.75 Å². The number of ketones is 1. The zero-order chi connectivity index (χ0) is 38.3. The highest BCUT2D eigenvalue weighted by molar-refractivity contribution is 6.10. The van der Waals surface area contributed by atoms with Crippen LogP contribution >= 0.6 is 0 Å². The molecular weight excluding hydrogens is 673 g/mol. The SMILES string of the molecule is COc1ccc(NC(=O)N(CC2CCC3CC2C3(C)C)CC2(O)CCC3c4ccc(cc4C(=O)c4ccccc4)CC(O)CCC(C)=CCCC32C)cc1. The van der Waals surface area contributed by atoms with Crippen molar-refractivity contribution in [2.75, 3.05) is 25.5 Å². The molecule has 9 rings (SSSR count). The molecule has 3 aromatic carbocycles. The number of methoxy groups -OCH3 is 1. The molecule has 0 heterocycles. The number of anilines is 1. The van der Waals surface area contributed by atoms with E-state index in [2.05, 4.69) is 51.2 Å².